The summed E-state index contributed by atoms with van der Waals surface area (Å²) in [7, 11) is 0. The minimum absolute atomic E-state index is 0.631. The van der Waals surface area contributed by atoms with E-state index in [4.69, 9.17) is 17.3 Å². The van der Waals surface area contributed by atoms with Gasteiger partial charge in [-0.25, -0.2) is 0 Å². The van der Waals surface area contributed by atoms with E-state index in [1.165, 1.54) is 0 Å². The maximum atomic E-state index is 5.87. The molecule has 2 rings (SSSR count). The van der Waals surface area contributed by atoms with Crippen LogP contribution in [0.4, 0.5) is 0 Å². The Kier molecular flexibility index (Phi) is 2.66. The summed E-state index contributed by atoms with van der Waals surface area (Å²) in [5, 5.41) is 1.81. The zero-order valence-corrected chi connectivity index (χ0v) is 8.46. The Morgan fingerprint density at radius 1 is 1.21 bits per heavy atom. The van der Waals surface area contributed by atoms with E-state index in [9.17, 15) is 0 Å². The number of pyridine rings is 1. The van der Waals surface area contributed by atoms with Gasteiger partial charge in [-0.3, -0.25) is 4.98 Å². The Balaban J connectivity index is 2.50. The van der Waals surface area contributed by atoms with E-state index in [2.05, 4.69) is 4.98 Å². The number of halogens is 1. The van der Waals surface area contributed by atoms with Crippen molar-refractivity contribution in [3.05, 3.63) is 41.0 Å². The number of fused-ring (bicyclic) bond motifs is 1. The quantitative estimate of drug-likeness (QED) is 0.820. The van der Waals surface area contributed by atoms with Gasteiger partial charge in [0.1, 0.15) is 0 Å². The Labute approximate surface area is 87.7 Å². The third kappa shape index (κ3) is 1.86. The van der Waals surface area contributed by atoms with Crippen LogP contribution in [0.15, 0.2) is 30.3 Å². The van der Waals surface area contributed by atoms with Gasteiger partial charge in [-0.2, -0.15) is 0 Å². The summed E-state index contributed by atoms with van der Waals surface area (Å²) in [6, 6.07) is 9.71. The van der Waals surface area contributed by atoms with Crippen molar-refractivity contribution in [2.24, 2.45) is 5.73 Å². The van der Waals surface area contributed by atoms with Gasteiger partial charge in [-0.15, -0.1) is 0 Å². The number of nitrogens with zero attached hydrogens (tertiary/aromatic N) is 1. The second-order valence-electron chi connectivity index (χ2n) is 3.18. The largest absolute Gasteiger partial charge is 0.330 e. The van der Waals surface area contributed by atoms with Crippen LogP contribution >= 0.6 is 11.6 Å². The number of hydrogen-bond donors (Lipinski definition) is 1. The SMILES string of the molecule is NCCc1ccc2cc(Cl)ccc2n1. The predicted molar refractivity (Wildman–Crippen MR) is 59.5 cm³/mol. The highest BCUT2D eigenvalue weighted by atomic mass is 35.5. The molecular formula is C11H11ClN2. The molecule has 0 radical (unpaired) electrons. The second-order valence-corrected chi connectivity index (χ2v) is 3.61. The van der Waals surface area contributed by atoms with Crippen molar-refractivity contribution in [3.8, 4) is 0 Å². The number of aromatic nitrogens is 1. The molecule has 0 saturated carbocycles. The summed E-state index contributed by atoms with van der Waals surface area (Å²) in [6.45, 7) is 0.631. The maximum absolute atomic E-state index is 5.87. The van der Waals surface area contributed by atoms with Crippen LogP contribution in [0.25, 0.3) is 10.9 Å². The predicted octanol–water partition coefficient (Wildman–Crippen LogP) is 2.39. The van der Waals surface area contributed by atoms with Crippen LogP contribution in [-0.2, 0) is 6.42 Å². The average molecular weight is 207 g/mol. The average Bonchev–Trinajstić information content (AvgIpc) is 2.19. The Bertz CT molecular complexity index is 454. The lowest BCUT2D eigenvalue weighted by Crippen LogP contribution is -2.04. The van der Waals surface area contributed by atoms with Gasteiger partial charge in [-0.1, -0.05) is 17.7 Å². The van der Waals surface area contributed by atoms with Crippen molar-refractivity contribution >= 4 is 22.5 Å². The molecule has 0 aliphatic heterocycles. The lowest BCUT2D eigenvalue weighted by molar-refractivity contribution is 0.932. The van der Waals surface area contributed by atoms with Crippen molar-refractivity contribution in [2.75, 3.05) is 6.54 Å². The fraction of sp³-hybridized carbons (Fsp3) is 0.182. The van der Waals surface area contributed by atoms with Crippen LogP contribution in [0.3, 0.4) is 0 Å². The van der Waals surface area contributed by atoms with Gasteiger partial charge in [0.25, 0.3) is 0 Å². The van der Waals surface area contributed by atoms with Crippen LogP contribution in [0.1, 0.15) is 5.69 Å². The molecule has 72 valence electrons. The lowest BCUT2D eigenvalue weighted by Gasteiger charge is -2.01. The van der Waals surface area contributed by atoms with E-state index in [-0.39, 0.29) is 0 Å². The van der Waals surface area contributed by atoms with Crippen molar-refractivity contribution in [2.45, 2.75) is 6.42 Å². The van der Waals surface area contributed by atoms with Crippen molar-refractivity contribution in [1.82, 2.24) is 4.98 Å². The molecule has 1 aromatic heterocycles. The summed E-state index contributed by atoms with van der Waals surface area (Å²) >= 11 is 5.87. The molecule has 0 aliphatic rings. The molecule has 0 atom stereocenters. The molecule has 2 aromatic rings. The number of hydrogen-bond acceptors (Lipinski definition) is 2. The Morgan fingerprint density at radius 3 is 2.86 bits per heavy atom. The van der Waals surface area contributed by atoms with Crippen molar-refractivity contribution in [3.63, 3.8) is 0 Å². The summed E-state index contributed by atoms with van der Waals surface area (Å²) in [6.07, 6.45) is 0.818. The van der Waals surface area contributed by atoms with Gasteiger partial charge in [0.15, 0.2) is 0 Å². The molecule has 0 spiro atoms. The van der Waals surface area contributed by atoms with E-state index in [1.807, 2.05) is 30.3 Å². The first kappa shape index (κ1) is 9.44. The molecule has 2 nitrogen and oxygen atoms in total. The number of benzene rings is 1. The van der Waals surface area contributed by atoms with E-state index in [0.717, 1.165) is 28.0 Å². The number of nitrogens with two attached hydrogens (primary N) is 1. The molecule has 0 unspecified atom stereocenters. The third-order valence-corrected chi connectivity index (χ3v) is 2.34. The highest BCUT2D eigenvalue weighted by molar-refractivity contribution is 6.31. The Hall–Kier alpha value is -1.12. The molecule has 0 fully saturated rings. The Morgan fingerprint density at radius 2 is 2.07 bits per heavy atom. The zero-order valence-electron chi connectivity index (χ0n) is 7.70. The first-order valence-electron chi connectivity index (χ1n) is 4.55. The standard InChI is InChI=1S/C11H11ClN2/c12-9-2-4-11-8(7-9)1-3-10(14-11)5-6-13/h1-4,7H,5-6,13H2. The minimum atomic E-state index is 0.631. The molecule has 14 heavy (non-hydrogen) atoms. The number of rotatable bonds is 2. The van der Waals surface area contributed by atoms with Crippen LogP contribution in [-0.4, -0.2) is 11.5 Å². The minimum Gasteiger partial charge on any atom is -0.330 e. The molecule has 0 saturated heterocycles. The highest BCUT2D eigenvalue weighted by Gasteiger charge is 1.98. The molecular weight excluding hydrogens is 196 g/mol. The lowest BCUT2D eigenvalue weighted by atomic mass is 10.2. The van der Waals surface area contributed by atoms with Crippen LogP contribution < -0.4 is 5.73 Å². The van der Waals surface area contributed by atoms with E-state index in [0.29, 0.717) is 6.54 Å². The molecule has 3 heteroatoms. The molecule has 0 bridgehead atoms. The molecule has 1 heterocycles. The van der Waals surface area contributed by atoms with Gasteiger partial charge < -0.3 is 5.73 Å². The van der Waals surface area contributed by atoms with E-state index in [1.54, 1.807) is 0 Å². The fourth-order valence-corrected chi connectivity index (χ4v) is 1.61. The first-order valence-corrected chi connectivity index (χ1v) is 4.92. The van der Waals surface area contributed by atoms with Gasteiger partial charge in [0, 0.05) is 22.5 Å². The van der Waals surface area contributed by atoms with Crippen molar-refractivity contribution in [1.29, 1.82) is 0 Å². The van der Waals surface area contributed by atoms with Gasteiger partial charge in [0.2, 0.25) is 0 Å². The second kappa shape index (κ2) is 3.95. The van der Waals surface area contributed by atoms with Crippen LogP contribution in [0.2, 0.25) is 5.02 Å². The highest BCUT2D eigenvalue weighted by Crippen LogP contribution is 2.17. The molecule has 1 aromatic carbocycles. The summed E-state index contributed by atoms with van der Waals surface area (Å²) in [5.41, 5.74) is 7.47. The van der Waals surface area contributed by atoms with Crippen LogP contribution in [0, 0.1) is 0 Å². The van der Waals surface area contributed by atoms with Crippen molar-refractivity contribution < 1.29 is 0 Å². The third-order valence-electron chi connectivity index (χ3n) is 2.11. The monoisotopic (exact) mass is 206 g/mol. The normalized spacial score (nSPS) is 10.7. The van der Waals surface area contributed by atoms with Gasteiger partial charge in [0.05, 0.1) is 5.52 Å². The smallest absolute Gasteiger partial charge is 0.0706 e. The molecule has 0 amide bonds. The summed E-state index contributed by atoms with van der Waals surface area (Å²) < 4.78 is 0. The van der Waals surface area contributed by atoms with Gasteiger partial charge >= 0.3 is 0 Å². The van der Waals surface area contributed by atoms with E-state index < -0.39 is 0 Å². The fourth-order valence-electron chi connectivity index (χ4n) is 1.43. The maximum Gasteiger partial charge on any atom is 0.0706 e. The molecule has 0 aliphatic carbocycles. The van der Waals surface area contributed by atoms with E-state index >= 15 is 0 Å². The zero-order chi connectivity index (χ0) is 9.97. The first-order chi connectivity index (χ1) is 6.79. The van der Waals surface area contributed by atoms with Gasteiger partial charge in [-0.05, 0) is 30.8 Å². The summed E-state index contributed by atoms with van der Waals surface area (Å²) in [4.78, 5) is 4.47. The summed E-state index contributed by atoms with van der Waals surface area (Å²) in [5.74, 6) is 0. The topological polar surface area (TPSA) is 38.9 Å². The molecule has 2 N–H and O–H groups in total. The van der Waals surface area contributed by atoms with Crippen LogP contribution in [0.5, 0.6) is 0 Å².